The van der Waals surface area contributed by atoms with Gasteiger partial charge < -0.3 is 14.5 Å². The van der Waals surface area contributed by atoms with Gasteiger partial charge in [-0.25, -0.2) is 9.79 Å². The molecule has 2 atom stereocenters. The van der Waals surface area contributed by atoms with Crippen LogP contribution in [0.25, 0.3) is 0 Å². The third kappa shape index (κ3) is 4.54. The molecular weight excluding hydrogens is 432 g/mol. The quantitative estimate of drug-likeness (QED) is 0.719. The van der Waals surface area contributed by atoms with E-state index in [4.69, 9.17) is 9.73 Å². The summed E-state index contributed by atoms with van der Waals surface area (Å²) in [6.45, 7) is 6.82. The lowest BCUT2D eigenvalue weighted by atomic mass is 9.96. The van der Waals surface area contributed by atoms with E-state index < -0.39 is 0 Å². The highest BCUT2D eigenvalue weighted by Crippen LogP contribution is 2.30. The number of fused-ring (bicyclic) bond motifs is 1. The lowest BCUT2D eigenvalue weighted by Crippen LogP contribution is -2.50. The molecule has 0 aromatic heterocycles. The molecule has 1 aromatic rings. The molecule has 0 spiro atoms. The number of rotatable bonds is 5. The van der Waals surface area contributed by atoms with Gasteiger partial charge in [-0.05, 0) is 36.5 Å². The number of likely N-dealkylation sites (tertiary alicyclic amines) is 1. The molecule has 4 aliphatic heterocycles. The van der Waals surface area contributed by atoms with E-state index >= 15 is 0 Å². The van der Waals surface area contributed by atoms with Crippen molar-refractivity contribution in [2.75, 3.05) is 47.1 Å². The predicted molar refractivity (Wildman–Crippen MR) is 129 cm³/mol. The van der Waals surface area contributed by atoms with Crippen LogP contribution in [0.15, 0.2) is 41.3 Å². The number of amides is 3. The minimum absolute atomic E-state index is 0.0120. The zero-order valence-electron chi connectivity index (χ0n) is 20.2. The lowest BCUT2D eigenvalue weighted by molar-refractivity contribution is 0.0459. The summed E-state index contributed by atoms with van der Waals surface area (Å²) in [7, 11) is 3.54. The molecule has 0 aliphatic carbocycles. The predicted octanol–water partition coefficient (Wildman–Crippen LogP) is 2.13. The summed E-state index contributed by atoms with van der Waals surface area (Å²) in [4.78, 5) is 38.1. The zero-order chi connectivity index (χ0) is 23.8. The maximum Gasteiger partial charge on any atom is 0.329 e. The number of hydrogen-bond acceptors (Lipinski definition) is 6. The van der Waals surface area contributed by atoms with Gasteiger partial charge in [0.1, 0.15) is 12.5 Å². The Morgan fingerprint density at radius 1 is 1.24 bits per heavy atom. The largest absolute Gasteiger partial charge is 0.381 e. The first-order chi connectivity index (χ1) is 16.4. The minimum Gasteiger partial charge on any atom is -0.381 e. The molecule has 4 heterocycles. The Kier molecular flexibility index (Phi) is 6.31. The second-order valence-electron chi connectivity index (χ2n) is 10.0. The van der Waals surface area contributed by atoms with Gasteiger partial charge in [0.05, 0.1) is 0 Å². The van der Waals surface area contributed by atoms with Crippen molar-refractivity contribution in [3.8, 4) is 0 Å². The highest BCUT2D eigenvalue weighted by atomic mass is 16.5. The fourth-order valence-corrected chi connectivity index (χ4v) is 5.37. The topological polar surface area (TPSA) is 80.7 Å². The number of ether oxygens (including phenoxy) is 1. The van der Waals surface area contributed by atoms with Crippen molar-refractivity contribution in [1.82, 2.24) is 24.9 Å². The van der Waals surface area contributed by atoms with Crippen molar-refractivity contribution in [2.24, 2.45) is 16.8 Å². The Morgan fingerprint density at radius 2 is 2.03 bits per heavy atom. The summed E-state index contributed by atoms with van der Waals surface area (Å²) in [6.07, 6.45) is 4.00. The molecule has 34 heavy (non-hydrogen) atoms. The Hall–Kier alpha value is -2.91. The van der Waals surface area contributed by atoms with Crippen molar-refractivity contribution in [3.05, 3.63) is 47.4 Å². The van der Waals surface area contributed by atoms with Gasteiger partial charge >= 0.3 is 6.03 Å². The molecule has 4 aliphatic rings. The summed E-state index contributed by atoms with van der Waals surface area (Å²) in [5.74, 6) is 2.05. The van der Waals surface area contributed by atoms with Crippen LogP contribution in [0.1, 0.15) is 35.7 Å². The van der Waals surface area contributed by atoms with Gasteiger partial charge in [-0.3, -0.25) is 19.9 Å². The van der Waals surface area contributed by atoms with Gasteiger partial charge in [-0.1, -0.05) is 19.1 Å². The minimum atomic E-state index is -0.0913. The number of benzene rings is 1. The second kappa shape index (κ2) is 9.38. The van der Waals surface area contributed by atoms with Gasteiger partial charge in [0.2, 0.25) is 0 Å². The lowest BCUT2D eigenvalue weighted by Gasteiger charge is -2.32. The van der Waals surface area contributed by atoms with E-state index in [1.165, 1.54) is 0 Å². The van der Waals surface area contributed by atoms with E-state index in [1.54, 1.807) is 23.9 Å². The fourth-order valence-electron chi connectivity index (χ4n) is 5.37. The van der Waals surface area contributed by atoms with Crippen LogP contribution in [0.2, 0.25) is 0 Å². The van der Waals surface area contributed by atoms with Crippen molar-refractivity contribution < 1.29 is 14.3 Å². The van der Waals surface area contributed by atoms with Crippen molar-refractivity contribution in [1.29, 1.82) is 0 Å². The first-order valence-corrected chi connectivity index (χ1v) is 12.1. The summed E-state index contributed by atoms with van der Waals surface area (Å²) >= 11 is 0. The maximum absolute atomic E-state index is 12.9. The van der Waals surface area contributed by atoms with Gasteiger partial charge in [-0.2, -0.15) is 0 Å². The number of hydrogen-bond donors (Lipinski definition) is 1. The highest BCUT2D eigenvalue weighted by Gasteiger charge is 2.40. The first-order valence-electron chi connectivity index (χ1n) is 12.1. The molecular formula is C25H34N6O3. The third-order valence-corrected chi connectivity index (χ3v) is 7.26. The molecule has 182 valence electrons. The number of carbonyl (C=O) groups excluding carboxylic acids is 2. The average Bonchev–Trinajstić information content (AvgIpc) is 3.43. The van der Waals surface area contributed by atoms with Gasteiger partial charge in [0.25, 0.3) is 5.91 Å². The summed E-state index contributed by atoms with van der Waals surface area (Å²) in [5, 5.41) is 3.07. The van der Waals surface area contributed by atoms with Crippen LogP contribution in [0.4, 0.5) is 4.79 Å². The molecule has 2 unspecified atom stereocenters. The summed E-state index contributed by atoms with van der Waals surface area (Å²) < 4.78 is 5.49. The van der Waals surface area contributed by atoms with Crippen molar-refractivity contribution in [2.45, 2.75) is 32.4 Å². The molecule has 5 rings (SSSR count). The second-order valence-corrected chi connectivity index (χ2v) is 10.0. The standard InChI is InChI=1S/C25H34N6O3/c1-17-12-29(13-18-5-4-6-19(11-18)24(32)28(2)3)14-21(17)23-26-22-15-30(16-31(22)25(33)27-23)20-7-9-34-10-8-20/h4-6,11,15,17,20-21H,7-10,12-14,16H2,1-3H3,(H,26,27,33). The highest BCUT2D eigenvalue weighted by molar-refractivity contribution is 6.02. The molecule has 9 heteroatoms. The fraction of sp³-hybridized carbons (Fsp3) is 0.560. The van der Waals surface area contributed by atoms with E-state index in [1.807, 2.05) is 24.4 Å². The smallest absolute Gasteiger partial charge is 0.329 e. The van der Waals surface area contributed by atoms with Crippen LogP contribution in [0, 0.1) is 11.8 Å². The van der Waals surface area contributed by atoms with Crippen LogP contribution in [0.3, 0.4) is 0 Å². The number of nitrogens with one attached hydrogen (secondary N) is 1. The van der Waals surface area contributed by atoms with Gasteiger partial charge in [0.15, 0.2) is 5.82 Å². The molecule has 2 saturated heterocycles. The van der Waals surface area contributed by atoms with Crippen molar-refractivity contribution >= 4 is 17.8 Å². The average molecular weight is 467 g/mol. The maximum atomic E-state index is 12.9. The molecule has 1 aromatic carbocycles. The van der Waals surface area contributed by atoms with Gasteiger partial charge in [0, 0.05) is 70.7 Å². The monoisotopic (exact) mass is 466 g/mol. The van der Waals surface area contributed by atoms with E-state index in [0.717, 1.165) is 62.9 Å². The third-order valence-electron chi connectivity index (χ3n) is 7.26. The Balaban J connectivity index is 1.27. The van der Waals surface area contributed by atoms with Gasteiger partial charge in [-0.15, -0.1) is 0 Å². The molecule has 1 N–H and O–H groups in total. The van der Waals surface area contributed by atoms with Crippen LogP contribution >= 0.6 is 0 Å². The Labute approximate surface area is 201 Å². The zero-order valence-corrected chi connectivity index (χ0v) is 20.2. The van der Waals surface area contributed by atoms with Crippen LogP contribution in [-0.2, 0) is 11.3 Å². The molecule has 0 saturated carbocycles. The molecule has 0 radical (unpaired) electrons. The number of aliphatic imine (C=N–C) groups is 1. The SMILES string of the molecule is CC1CN(Cc2cccc(C(=O)N(C)C)c2)CC1C1=NC2=CN(C3CCOCC3)CN2C(=O)N1. The Morgan fingerprint density at radius 3 is 2.79 bits per heavy atom. The molecule has 2 fully saturated rings. The summed E-state index contributed by atoms with van der Waals surface area (Å²) in [6, 6.07) is 8.15. The number of carbonyl (C=O) groups is 2. The van der Waals surface area contributed by atoms with Crippen LogP contribution in [-0.4, -0.2) is 90.5 Å². The molecule has 3 amide bonds. The summed E-state index contributed by atoms with van der Waals surface area (Å²) in [5.41, 5.74) is 1.82. The number of urea groups is 1. The Bertz CT molecular complexity index is 1020. The van der Waals surface area contributed by atoms with Crippen LogP contribution in [0.5, 0.6) is 0 Å². The molecule has 0 bridgehead atoms. The number of nitrogens with zero attached hydrogens (tertiary/aromatic N) is 5. The van der Waals surface area contributed by atoms with Crippen molar-refractivity contribution in [3.63, 3.8) is 0 Å². The van der Waals surface area contributed by atoms with E-state index in [9.17, 15) is 9.59 Å². The van der Waals surface area contributed by atoms with E-state index in [0.29, 0.717) is 24.2 Å². The number of amidine groups is 1. The van der Waals surface area contributed by atoms with Crippen LogP contribution < -0.4 is 5.32 Å². The molecule has 9 nitrogen and oxygen atoms in total. The van der Waals surface area contributed by atoms with E-state index in [2.05, 4.69) is 28.1 Å². The normalized spacial score (nSPS) is 25.7. The first kappa shape index (κ1) is 22.9. The van der Waals surface area contributed by atoms with E-state index in [-0.39, 0.29) is 17.9 Å².